The number of halogens is 1. The van der Waals surface area contributed by atoms with Gasteiger partial charge in [-0.25, -0.2) is 4.79 Å². The molecule has 0 aliphatic rings. The summed E-state index contributed by atoms with van der Waals surface area (Å²) in [6, 6.07) is 16.3. The Morgan fingerprint density at radius 1 is 1.15 bits per heavy atom. The van der Waals surface area contributed by atoms with E-state index in [-0.39, 0.29) is 18.4 Å². The molecule has 1 aromatic heterocycles. The lowest BCUT2D eigenvalue weighted by molar-refractivity contribution is -0.0000233. The number of aryl methyl sites for hydroxylation is 1. The van der Waals surface area contributed by atoms with E-state index >= 15 is 0 Å². The number of aromatic nitrogens is 1. The van der Waals surface area contributed by atoms with E-state index in [9.17, 15) is 4.79 Å². The highest BCUT2D eigenvalue weighted by molar-refractivity contribution is 6.05. The van der Waals surface area contributed by atoms with E-state index in [0.29, 0.717) is 18.7 Å². The molecule has 136 valence electrons. The molecule has 1 heterocycles. The maximum absolute atomic E-state index is 12.5. The lowest BCUT2D eigenvalue weighted by Gasteiger charge is -2.24. The quantitative estimate of drug-likeness (QED) is 0.637. The van der Waals surface area contributed by atoms with Gasteiger partial charge in [0.1, 0.15) is 5.56 Å². The summed E-state index contributed by atoms with van der Waals surface area (Å²) in [7, 11) is 1.99. The first-order chi connectivity index (χ1) is 12.1. The maximum Gasteiger partial charge on any atom is 0.341 e. The summed E-state index contributed by atoms with van der Waals surface area (Å²) >= 11 is 0. The van der Waals surface area contributed by atoms with Crippen LogP contribution in [0.1, 0.15) is 28.4 Å². The van der Waals surface area contributed by atoms with Crippen LogP contribution in [-0.4, -0.2) is 24.6 Å². The van der Waals surface area contributed by atoms with Gasteiger partial charge >= 0.3 is 5.97 Å². The number of fused-ring (bicyclic) bond motifs is 1. The first kappa shape index (κ1) is 19.7. The minimum Gasteiger partial charge on any atom is -1.00 e. The number of esters is 1. The Balaban J connectivity index is 0.00000243. The number of anilines is 1. The van der Waals surface area contributed by atoms with Crippen LogP contribution in [0.5, 0.6) is 0 Å². The van der Waals surface area contributed by atoms with Gasteiger partial charge in [0.15, 0.2) is 0 Å². The number of carbonyl (C=O) groups is 1. The third-order valence-electron chi connectivity index (χ3n) is 4.13. The molecular weight excluding hydrogens is 348 g/mol. The highest BCUT2D eigenvalue weighted by Gasteiger charge is 2.20. The second-order valence-corrected chi connectivity index (χ2v) is 6.10. The Morgan fingerprint density at radius 2 is 1.88 bits per heavy atom. The van der Waals surface area contributed by atoms with Crippen molar-refractivity contribution in [3.8, 4) is 0 Å². The molecule has 0 unspecified atom stereocenters. The second kappa shape index (κ2) is 8.68. The lowest BCUT2D eigenvalue weighted by Crippen LogP contribution is -3.00. The topological polar surface area (TPSA) is 42.4 Å². The molecule has 3 aromatic rings. The van der Waals surface area contributed by atoms with E-state index in [4.69, 9.17) is 4.74 Å². The number of benzene rings is 2. The summed E-state index contributed by atoms with van der Waals surface area (Å²) in [6.45, 7) is 4.88. The predicted octanol–water partition coefficient (Wildman–Crippen LogP) is 1.36. The van der Waals surface area contributed by atoms with Crippen LogP contribution in [0.15, 0.2) is 54.7 Å². The van der Waals surface area contributed by atoms with E-state index < -0.39 is 0 Å². The summed E-state index contributed by atoms with van der Waals surface area (Å²) < 4.78 is 5.24. The van der Waals surface area contributed by atoms with Crippen LogP contribution in [0.4, 0.5) is 5.69 Å². The third-order valence-corrected chi connectivity index (χ3v) is 4.13. The molecular formula is C21H22ClN2O2-. The van der Waals surface area contributed by atoms with E-state index in [0.717, 1.165) is 22.2 Å². The van der Waals surface area contributed by atoms with Crippen molar-refractivity contribution in [2.24, 2.45) is 0 Å². The Labute approximate surface area is 160 Å². The minimum absolute atomic E-state index is 0. The van der Waals surface area contributed by atoms with Crippen LogP contribution in [0, 0.1) is 6.92 Å². The van der Waals surface area contributed by atoms with Gasteiger partial charge in [-0.15, -0.1) is 0 Å². The van der Waals surface area contributed by atoms with Gasteiger partial charge in [0.2, 0.25) is 0 Å². The highest BCUT2D eigenvalue weighted by atomic mass is 35.5. The largest absolute Gasteiger partial charge is 1.00 e. The Bertz CT molecular complexity index is 897. The summed E-state index contributed by atoms with van der Waals surface area (Å²) in [5.74, 6) is -0.340. The fourth-order valence-electron chi connectivity index (χ4n) is 3.00. The van der Waals surface area contributed by atoms with Crippen molar-refractivity contribution in [2.75, 3.05) is 18.6 Å². The van der Waals surface area contributed by atoms with Gasteiger partial charge in [-0.1, -0.05) is 42.0 Å². The molecule has 2 aromatic carbocycles. The molecule has 0 aliphatic heterocycles. The molecule has 0 saturated carbocycles. The first-order valence-electron chi connectivity index (χ1n) is 8.41. The molecule has 5 heteroatoms. The first-order valence-corrected chi connectivity index (χ1v) is 8.41. The zero-order chi connectivity index (χ0) is 17.8. The van der Waals surface area contributed by atoms with Crippen molar-refractivity contribution < 1.29 is 21.9 Å². The normalized spacial score (nSPS) is 10.3. The number of nitrogens with zero attached hydrogens (tertiary/aromatic N) is 2. The minimum atomic E-state index is -0.340. The molecule has 4 nitrogen and oxygen atoms in total. The highest BCUT2D eigenvalue weighted by Crippen LogP contribution is 2.31. The van der Waals surface area contributed by atoms with Crippen molar-refractivity contribution >= 4 is 22.6 Å². The zero-order valence-electron chi connectivity index (χ0n) is 15.2. The number of pyridine rings is 1. The molecule has 0 fully saturated rings. The standard InChI is InChI=1S/C21H22N2O2.ClH/c1-4-25-21(24)18-13-22-19-11-10-15(2)12-17(19)20(18)23(3)14-16-8-6-5-7-9-16;/h5-13H,4,14H2,1-3H3;1H/p-1. The SMILES string of the molecule is CCOC(=O)c1cnc2ccc(C)cc2c1N(C)Cc1ccccc1.[Cl-]. The van der Waals surface area contributed by atoms with Crippen LogP contribution in [0.2, 0.25) is 0 Å². The average Bonchev–Trinajstić information content (AvgIpc) is 2.61. The summed E-state index contributed by atoms with van der Waals surface area (Å²) in [4.78, 5) is 19.0. The molecule has 0 aliphatic carbocycles. The van der Waals surface area contributed by atoms with Gasteiger partial charge in [0.25, 0.3) is 0 Å². The Kier molecular flexibility index (Phi) is 6.58. The number of rotatable bonds is 5. The Morgan fingerprint density at radius 3 is 2.58 bits per heavy atom. The predicted molar refractivity (Wildman–Crippen MR) is 101 cm³/mol. The molecule has 0 spiro atoms. The van der Waals surface area contributed by atoms with Crippen molar-refractivity contribution in [3.63, 3.8) is 0 Å². The second-order valence-electron chi connectivity index (χ2n) is 6.10. The van der Waals surface area contributed by atoms with E-state index in [2.05, 4.69) is 28.1 Å². The lowest BCUT2D eigenvalue weighted by atomic mass is 10.1. The molecule has 0 bridgehead atoms. The maximum atomic E-state index is 12.5. The molecule has 0 amide bonds. The third kappa shape index (κ3) is 4.14. The molecule has 0 radical (unpaired) electrons. The number of hydrogen-bond donors (Lipinski definition) is 0. The van der Waals surface area contributed by atoms with Crippen LogP contribution < -0.4 is 17.3 Å². The molecule has 3 rings (SSSR count). The average molecular weight is 370 g/mol. The Hall–Kier alpha value is -2.59. The molecule has 26 heavy (non-hydrogen) atoms. The van der Waals surface area contributed by atoms with Gasteiger partial charge in [-0.3, -0.25) is 4.98 Å². The molecule has 0 saturated heterocycles. The van der Waals surface area contributed by atoms with Gasteiger partial charge < -0.3 is 22.0 Å². The van der Waals surface area contributed by atoms with Crippen LogP contribution in [0.3, 0.4) is 0 Å². The van der Waals surface area contributed by atoms with Crippen LogP contribution in [-0.2, 0) is 11.3 Å². The van der Waals surface area contributed by atoms with Crippen molar-refractivity contribution in [2.45, 2.75) is 20.4 Å². The van der Waals surface area contributed by atoms with Gasteiger partial charge in [0, 0.05) is 25.2 Å². The number of ether oxygens (including phenoxy) is 1. The number of carbonyl (C=O) groups excluding carboxylic acids is 1. The smallest absolute Gasteiger partial charge is 0.341 e. The zero-order valence-corrected chi connectivity index (χ0v) is 16.0. The van der Waals surface area contributed by atoms with E-state index in [1.165, 1.54) is 5.56 Å². The fourth-order valence-corrected chi connectivity index (χ4v) is 3.00. The van der Waals surface area contributed by atoms with E-state index in [1.54, 1.807) is 6.20 Å². The van der Waals surface area contributed by atoms with Crippen LogP contribution in [0.25, 0.3) is 10.9 Å². The summed E-state index contributed by atoms with van der Waals surface area (Å²) in [5, 5.41) is 0.962. The molecule has 0 atom stereocenters. The monoisotopic (exact) mass is 369 g/mol. The van der Waals surface area contributed by atoms with E-state index in [1.807, 2.05) is 51.2 Å². The fraction of sp³-hybridized carbons (Fsp3) is 0.238. The summed E-state index contributed by atoms with van der Waals surface area (Å²) in [5.41, 5.74) is 4.53. The van der Waals surface area contributed by atoms with Crippen molar-refractivity contribution in [1.29, 1.82) is 0 Å². The van der Waals surface area contributed by atoms with Gasteiger partial charge in [-0.05, 0) is 31.5 Å². The van der Waals surface area contributed by atoms with Crippen molar-refractivity contribution in [3.05, 3.63) is 71.4 Å². The van der Waals surface area contributed by atoms with Crippen molar-refractivity contribution in [1.82, 2.24) is 4.98 Å². The van der Waals surface area contributed by atoms with Gasteiger partial charge in [-0.2, -0.15) is 0 Å². The summed E-state index contributed by atoms with van der Waals surface area (Å²) in [6.07, 6.45) is 1.62. The van der Waals surface area contributed by atoms with Gasteiger partial charge in [0.05, 0.1) is 17.8 Å². The van der Waals surface area contributed by atoms with Crippen LogP contribution >= 0.6 is 0 Å². The molecule has 0 N–H and O–H groups in total. The number of hydrogen-bond acceptors (Lipinski definition) is 4.